The molecule has 3 amide bonds. The zero-order valence-electron chi connectivity index (χ0n) is 19.1. The molecule has 0 aromatic heterocycles. The Bertz CT molecular complexity index is 946. The van der Waals surface area contributed by atoms with Crippen molar-refractivity contribution in [3.63, 3.8) is 0 Å². The van der Waals surface area contributed by atoms with Crippen LogP contribution in [0.4, 0.5) is 18.0 Å². The summed E-state index contributed by atoms with van der Waals surface area (Å²) in [6.07, 6.45) is -6.47. The van der Waals surface area contributed by atoms with E-state index >= 15 is 0 Å². The third-order valence-corrected chi connectivity index (χ3v) is 4.82. The fourth-order valence-corrected chi connectivity index (χ4v) is 2.54. The molecular weight excluding hydrogens is 575 g/mol. The Labute approximate surface area is 216 Å². The summed E-state index contributed by atoms with van der Waals surface area (Å²) in [5.41, 5.74) is 6.44. The predicted octanol–water partition coefficient (Wildman–Crippen LogP) is 1.49. The Kier molecular flexibility index (Phi) is 15.4. The number of benzene rings is 1. The number of ether oxygens (including phenoxy) is 1. The first kappa shape index (κ1) is 33.5. The highest BCUT2D eigenvalue weighted by atomic mass is 79.9. The van der Waals surface area contributed by atoms with Crippen LogP contribution >= 0.6 is 15.9 Å². The first-order valence-corrected chi connectivity index (χ1v) is 11.5. The Morgan fingerprint density at radius 1 is 1.00 bits per heavy atom. The lowest BCUT2D eigenvalue weighted by Gasteiger charge is -2.17. The predicted molar refractivity (Wildman–Crippen MR) is 123 cm³/mol. The molecule has 0 saturated carbocycles. The zero-order valence-corrected chi connectivity index (χ0v) is 20.7. The maximum Gasteiger partial charge on any atom is 0.490 e. The number of alkyl carbamates (subject to hydrolysis) is 1. The summed E-state index contributed by atoms with van der Waals surface area (Å²) in [4.78, 5) is 66.9. The monoisotopic (exact) mass is 599 g/mol. The van der Waals surface area contributed by atoms with E-state index in [-0.39, 0.29) is 43.4 Å². The van der Waals surface area contributed by atoms with Crippen molar-refractivity contribution >= 4 is 51.6 Å². The number of amides is 3. The largest absolute Gasteiger partial charge is 0.490 e. The Hall–Kier alpha value is -3.53. The van der Waals surface area contributed by atoms with E-state index in [1.165, 1.54) is 0 Å². The second-order valence-electron chi connectivity index (χ2n) is 7.17. The molecule has 1 aromatic carbocycles. The summed E-state index contributed by atoms with van der Waals surface area (Å²) in [6.45, 7) is -0.00394. The highest BCUT2D eigenvalue weighted by Crippen LogP contribution is 2.13. The second-order valence-corrected chi connectivity index (χ2v) is 7.73. The number of hydrogen-bond donors (Lipinski definition) is 5. The van der Waals surface area contributed by atoms with Gasteiger partial charge < -0.3 is 26.0 Å². The van der Waals surface area contributed by atoms with Crippen LogP contribution in [0.2, 0.25) is 0 Å². The molecule has 0 saturated heterocycles. The molecule has 16 heteroatoms. The lowest BCUT2D eigenvalue weighted by molar-refractivity contribution is -0.192. The first-order valence-electron chi connectivity index (χ1n) is 10.3. The van der Waals surface area contributed by atoms with Gasteiger partial charge in [0.15, 0.2) is 0 Å². The summed E-state index contributed by atoms with van der Waals surface area (Å²) < 4.78 is 36.6. The van der Waals surface area contributed by atoms with Crippen LogP contribution in [-0.2, 0) is 35.3 Å². The number of rotatable bonds is 12. The minimum Gasteiger partial charge on any atom is -0.480 e. The first-order chi connectivity index (χ1) is 17.2. The molecule has 6 N–H and O–H groups in total. The van der Waals surface area contributed by atoms with Crippen LogP contribution in [0.3, 0.4) is 0 Å². The van der Waals surface area contributed by atoms with Gasteiger partial charge in [0, 0.05) is 12.8 Å². The van der Waals surface area contributed by atoms with Crippen LogP contribution in [0, 0.1) is 0 Å². The second kappa shape index (κ2) is 17.0. The normalized spacial score (nSPS) is 12.1. The molecule has 1 aromatic rings. The molecule has 0 aliphatic rings. The van der Waals surface area contributed by atoms with E-state index in [4.69, 9.17) is 25.5 Å². The number of hydrogen-bond acceptors (Lipinski definition) is 8. The van der Waals surface area contributed by atoms with E-state index in [0.29, 0.717) is 0 Å². The van der Waals surface area contributed by atoms with Crippen molar-refractivity contribution in [1.82, 2.24) is 10.6 Å². The topological polar surface area (TPSA) is 202 Å². The molecule has 2 unspecified atom stereocenters. The van der Waals surface area contributed by atoms with Crippen LogP contribution in [0.1, 0.15) is 31.2 Å². The lowest BCUT2D eigenvalue weighted by Crippen LogP contribution is -2.49. The third kappa shape index (κ3) is 16.0. The number of halogens is 4. The molecule has 0 spiro atoms. The molecule has 0 heterocycles. The summed E-state index contributed by atoms with van der Waals surface area (Å²) >= 11 is 2.97. The van der Waals surface area contributed by atoms with Gasteiger partial charge in [-0.05, 0) is 18.4 Å². The van der Waals surface area contributed by atoms with Gasteiger partial charge in [0.25, 0.3) is 0 Å². The van der Waals surface area contributed by atoms with E-state index in [2.05, 4.69) is 21.2 Å². The van der Waals surface area contributed by atoms with Gasteiger partial charge in [-0.2, -0.15) is 13.2 Å². The van der Waals surface area contributed by atoms with E-state index in [1.807, 2.05) is 11.4 Å². The van der Waals surface area contributed by atoms with Gasteiger partial charge in [0.2, 0.25) is 11.8 Å². The van der Waals surface area contributed by atoms with Crippen molar-refractivity contribution in [2.45, 2.75) is 50.6 Å². The van der Waals surface area contributed by atoms with Crippen molar-refractivity contribution in [3.05, 3.63) is 35.9 Å². The standard InChI is InChI=1S/C19H24BrN3O7.C2HF3O2/c20-10-13(24)6-8-15(18(27)28)22-17(26)14(21)7-9-16(25)23-19(29)30-11-12-4-2-1-3-5-12;3-2(4,5)1(6)7/h1-5,14-15H,6-11,21H2,(H,22,26)(H,27,28)(H,23,25,29);(H,6,7). The van der Waals surface area contributed by atoms with E-state index in [0.717, 1.165) is 5.56 Å². The Morgan fingerprint density at radius 2 is 1.57 bits per heavy atom. The van der Waals surface area contributed by atoms with E-state index in [9.17, 15) is 37.1 Å². The van der Waals surface area contributed by atoms with Gasteiger partial charge in [-0.25, -0.2) is 14.4 Å². The van der Waals surface area contributed by atoms with Crippen molar-refractivity contribution in [3.8, 4) is 0 Å². The molecule has 2 atom stereocenters. The fraction of sp³-hybridized carbons (Fsp3) is 0.429. The van der Waals surface area contributed by atoms with Gasteiger partial charge in [0.1, 0.15) is 18.4 Å². The van der Waals surface area contributed by atoms with Gasteiger partial charge in [-0.1, -0.05) is 46.3 Å². The molecule has 0 radical (unpaired) electrons. The molecule has 206 valence electrons. The maximum absolute atomic E-state index is 12.0. The molecule has 1 rings (SSSR count). The smallest absolute Gasteiger partial charge is 0.480 e. The van der Waals surface area contributed by atoms with E-state index < -0.39 is 48.1 Å². The number of carboxylic acids is 2. The molecule has 0 aliphatic carbocycles. The number of carbonyl (C=O) groups is 6. The number of alkyl halides is 4. The molecule has 0 aliphatic heterocycles. The average molecular weight is 600 g/mol. The van der Waals surface area contributed by atoms with Crippen LogP contribution < -0.4 is 16.4 Å². The SMILES string of the molecule is NC(CCC(=O)NC(=O)OCc1ccccc1)C(=O)NC(CCC(=O)CBr)C(=O)O.O=C(O)C(F)(F)F. The van der Waals surface area contributed by atoms with Crippen LogP contribution in [-0.4, -0.2) is 69.4 Å². The quantitative estimate of drug-likeness (QED) is 0.219. The number of carboxylic acid groups (broad SMARTS) is 2. The fourth-order valence-electron chi connectivity index (χ4n) is 2.26. The average Bonchev–Trinajstić information content (AvgIpc) is 2.83. The van der Waals surface area contributed by atoms with Gasteiger partial charge in [-0.3, -0.25) is 19.7 Å². The van der Waals surface area contributed by atoms with Gasteiger partial charge in [-0.15, -0.1) is 0 Å². The van der Waals surface area contributed by atoms with Crippen LogP contribution in [0.25, 0.3) is 0 Å². The van der Waals surface area contributed by atoms with Crippen molar-refractivity contribution in [2.24, 2.45) is 5.73 Å². The number of aliphatic carboxylic acids is 2. The van der Waals surface area contributed by atoms with Gasteiger partial charge >= 0.3 is 24.2 Å². The van der Waals surface area contributed by atoms with Crippen molar-refractivity contribution < 1.29 is 56.9 Å². The number of ketones is 1. The van der Waals surface area contributed by atoms with E-state index in [1.54, 1.807) is 24.3 Å². The highest BCUT2D eigenvalue weighted by Gasteiger charge is 2.38. The number of Topliss-reactive ketones (excluding diaryl/α,β-unsaturated/α-hetero) is 1. The summed E-state index contributed by atoms with van der Waals surface area (Å²) in [6, 6.07) is 6.46. The van der Waals surface area contributed by atoms with Crippen molar-refractivity contribution in [2.75, 3.05) is 5.33 Å². The number of carbonyl (C=O) groups excluding carboxylic acids is 4. The molecule has 37 heavy (non-hydrogen) atoms. The number of imide groups is 1. The minimum absolute atomic E-state index is 0.00394. The summed E-state index contributed by atoms with van der Waals surface area (Å²) in [5, 5.41) is 20.6. The van der Waals surface area contributed by atoms with Crippen LogP contribution in [0.15, 0.2) is 30.3 Å². The third-order valence-electron chi connectivity index (χ3n) is 4.19. The molecule has 12 nitrogen and oxygen atoms in total. The van der Waals surface area contributed by atoms with Gasteiger partial charge in [0.05, 0.1) is 11.4 Å². The van der Waals surface area contributed by atoms with Crippen molar-refractivity contribution in [1.29, 1.82) is 0 Å². The summed E-state index contributed by atoms with van der Waals surface area (Å²) in [5.74, 6) is -5.71. The highest BCUT2D eigenvalue weighted by molar-refractivity contribution is 9.09. The Morgan fingerprint density at radius 3 is 2.05 bits per heavy atom. The zero-order chi connectivity index (χ0) is 28.6. The lowest BCUT2D eigenvalue weighted by atomic mass is 10.1. The number of nitrogens with one attached hydrogen (secondary N) is 2. The summed E-state index contributed by atoms with van der Waals surface area (Å²) in [7, 11) is 0. The van der Waals surface area contributed by atoms with Crippen LogP contribution in [0.5, 0.6) is 0 Å². The maximum atomic E-state index is 12.0. The Balaban J connectivity index is 0.00000161. The molecule has 0 bridgehead atoms. The minimum atomic E-state index is -5.08. The molecular formula is C21H25BrF3N3O9. The number of nitrogens with two attached hydrogens (primary N) is 1. The molecule has 0 fully saturated rings.